The van der Waals surface area contributed by atoms with E-state index >= 15 is 0 Å². The number of methoxy groups -OCH3 is 1. The Hall–Kier alpha value is -1.26. The number of anilines is 1. The lowest BCUT2D eigenvalue weighted by molar-refractivity contribution is 0.0736. The Morgan fingerprint density at radius 3 is 2.12 bits per heavy atom. The van der Waals surface area contributed by atoms with Gasteiger partial charge in [0, 0.05) is 37.4 Å². The Bertz CT molecular complexity index is 533. The lowest BCUT2D eigenvalue weighted by atomic mass is 9.97. The Balaban J connectivity index is 1.30. The molecule has 0 bridgehead atoms. The van der Waals surface area contributed by atoms with Crippen LogP contribution in [0.4, 0.5) is 5.69 Å². The van der Waals surface area contributed by atoms with E-state index < -0.39 is 0 Å². The van der Waals surface area contributed by atoms with Crippen molar-refractivity contribution in [3.05, 3.63) is 24.3 Å². The summed E-state index contributed by atoms with van der Waals surface area (Å²) in [5, 5.41) is 0. The number of piperidine rings is 2. The highest BCUT2D eigenvalue weighted by molar-refractivity contribution is 5.49. The first-order chi connectivity index (χ1) is 12.3. The van der Waals surface area contributed by atoms with E-state index in [1.165, 1.54) is 83.5 Å². The van der Waals surface area contributed by atoms with Crippen LogP contribution < -0.4 is 9.64 Å². The van der Waals surface area contributed by atoms with Gasteiger partial charge in [0.25, 0.3) is 0 Å². The van der Waals surface area contributed by atoms with Crippen molar-refractivity contribution in [3.8, 4) is 5.75 Å². The van der Waals surface area contributed by atoms with E-state index in [2.05, 4.69) is 39.0 Å². The second-order valence-electron chi connectivity index (χ2n) is 7.95. The average Bonchev–Trinajstić information content (AvgIpc) is 3.23. The van der Waals surface area contributed by atoms with Gasteiger partial charge in [-0.25, -0.2) is 0 Å². The van der Waals surface area contributed by atoms with Gasteiger partial charge < -0.3 is 9.64 Å². The van der Waals surface area contributed by atoms with Crippen molar-refractivity contribution in [2.45, 2.75) is 50.6 Å². The molecule has 0 N–H and O–H groups in total. The molecule has 1 unspecified atom stereocenters. The third kappa shape index (κ3) is 3.95. The number of nitrogens with zero attached hydrogens (tertiary/aromatic N) is 3. The van der Waals surface area contributed by atoms with Crippen molar-refractivity contribution in [1.29, 1.82) is 0 Å². The van der Waals surface area contributed by atoms with Gasteiger partial charge >= 0.3 is 0 Å². The zero-order valence-electron chi connectivity index (χ0n) is 15.7. The molecule has 0 aromatic heterocycles. The number of benzene rings is 1. The van der Waals surface area contributed by atoms with Crippen LogP contribution in [0.1, 0.15) is 38.5 Å². The molecular weight excluding hydrogens is 310 g/mol. The molecular formula is C21H33N3O. The number of hydrogen-bond acceptors (Lipinski definition) is 4. The molecule has 4 heteroatoms. The van der Waals surface area contributed by atoms with E-state index in [0.717, 1.165) is 17.8 Å². The fourth-order valence-corrected chi connectivity index (χ4v) is 5.00. The normalized spacial score (nSPS) is 26.9. The van der Waals surface area contributed by atoms with E-state index in [1.54, 1.807) is 7.11 Å². The monoisotopic (exact) mass is 343 g/mol. The summed E-state index contributed by atoms with van der Waals surface area (Å²) in [6.45, 7) is 7.68. The molecule has 1 aromatic rings. The number of rotatable bonds is 4. The Morgan fingerprint density at radius 2 is 1.44 bits per heavy atom. The molecule has 3 aliphatic heterocycles. The molecule has 4 rings (SSSR count). The molecule has 0 radical (unpaired) electrons. The summed E-state index contributed by atoms with van der Waals surface area (Å²) in [7, 11) is 1.73. The predicted octanol–water partition coefficient (Wildman–Crippen LogP) is 3.22. The Kier molecular flexibility index (Phi) is 5.47. The second-order valence-corrected chi connectivity index (χ2v) is 7.95. The van der Waals surface area contributed by atoms with Gasteiger partial charge in [-0.3, -0.25) is 9.80 Å². The minimum absolute atomic E-state index is 0.792. The Labute approximate surface area is 152 Å². The van der Waals surface area contributed by atoms with Crippen molar-refractivity contribution >= 4 is 5.69 Å². The van der Waals surface area contributed by atoms with Gasteiger partial charge in [-0.05, 0) is 82.4 Å². The minimum atomic E-state index is 0.792. The fraction of sp³-hybridized carbons (Fsp3) is 0.714. The van der Waals surface area contributed by atoms with E-state index in [-0.39, 0.29) is 0 Å². The van der Waals surface area contributed by atoms with E-state index in [0.29, 0.717) is 0 Å². The van der Waals surface area contributed by atoms with Crippen LogP contribution in [-0.4, -0.2) is 68.3 Å². The largest absolute Gasteiger partial charge is 0.497 e. The quantitative estimate of drug-likeness (QED) is 0.835. The highest BCUT2D eigenvalue weighted by Crippen LogP contribution is 2.28. The van der Waals surface area contributed by atoms with Crippen LogP contribution >= 0.6 is 0 Å². The molecule has 0 saturated carbocycles. The van der Waals surface area contributed by atoms with Gasteiger partial charge in [-0.1, -0.05) is 0 Å². The topological polar surface area (TPSA) is 19.0 Å². The molecule has 0 spiro atoms. The number of ether oxygens (including phenoxy) is 1. The van der Waals surface area contributed by atoms with Crippen LogP contribution in [0.5, 0.6) is 5.75 Å². The third-order valence-electron chi connectivity index (χ3n) is 6.50. The Morgan fingerprint density at radius 1 is 0.760 bits per heavy atom. The maximum atomic E-state index is 5.28. The van der Waals surface area contributed by atoms with Crippen LogP contribution in [0.2, 0.25) is 0 Å². The third-order valence-corrected chi connectivity index (χ3v) is 6.50. The van der Waals surface area contributed by atoms with Crippen molar-refractivity contribution < 1.29 is 4.74 Å². The van der Waals surface area contributed by atoms with Gasteiger partial charge in [-0.15, -0.1) is 0 Å². The highest BCUT2D eigenvalue weighted by Gasteiger charge is 2.32. The minimum Gasteiger partial charge on any atom is -0.497 e. The van der Waals surface area contributed by atoms with Crippen molar-refractivity contribution in [2.24, 2.45) is 0 Å². The van der Waals surface area contributed by atoms with Crippen LogP contribution in [0.3, 0.4) is 0 Å². The van der Waals surface area contributed by atoms with Gasteiger partial charge in [0.15, 0.2) is 0 Å². The van der Waals surface area contributed by atoms with E-state index in [4.69, 9.17) is 4.74 Å². The van der Waals surface area contributed by atoms with Gasteiger partial charge in [0.05, 0.1) is 7.11 Å². The first-order valence-corrected chi connectivity index (χ1v) is 10.2. The van der Waals surface area contributed by atoms with Crippen molar-refractivity contribution in [2.75, 3.05) is 51.3 Å². The fourth-order valence-electron chi connectivity index (χ4n) is 5.00. The first-order valence-electron chi connectivity index (χ1n) is 10.2. The molecule has 3 aliphatic rings. The summed E-state index contributed by atoms with van der Waals surface area (Å²) >= 11 is 0. The zero-order chi connectivity index (χ0) is 17.1. The standard InChI is InChI=1S/C21H33N3O/c1-25-21-8-6-18(7-9-21)23-15-10-19(11-16-23)24-14-4-5-20(17-24)22-12-2-3-13-22/h6-9,19-20H,2-5,10-17H2,1H3. The van der Waals surface area contributed by atoms with Crippen LogP contribution in [0.25, 0.3) is 0 Å². The van der Waals surface area contributed by atoms with Crippen LogP contribution in [0.15, 0.2) is 24.3 Å². The lowest BCUT2D eigenvalue weighted by Crippen LogP contribution is -2.53. The zero-order valence-corrected chi connectivity index (χ0v) is 15.7. The second kappa shape index (κ2) is 7.96. The van der Waals surface area contributed by atoms with E-state index in [1.807, 2.05) is 0 Å². The number of hydrogen-bond donors (Lipinski definition) is 0. The first kappa shape index (κ1) is 17.2. The molecule has 1 atom stereocenters. The molecule has 3 saturated heterocycles. The summed E-state index contributed by atoms with van der Waals surface area (Å²) in [6, 6.07) is 10.2. The summed E-state index contributed by atoms with van der Waals surface area (Å²) in [4.78, 5) is 8.12. The summed E-state index contributed by atoms with van der Waals surface area (Å²) in [5.74, 6) is 0.944. The summed E-state index contributed by atoms with van der Waals surface area (Å²) in [6.07, 6.45) is 8.24. The molecule has 0 amide bonds. The number of likely N-dealkylation sites (tertiary alicyclic amines) is 2. The smallest absolute Gasteiger partial charge is 0.119 e. The van der Waals surface area contributed by atoms with Crippen LogP contribution in [-0.2, 0) is 0 Å². The molecule has 4 nitrogen and oxygen atoms in total. The van der Waals surface area contributed by atoms with Gasteiger partial charge in [0.2, 0.25) is 0 Å². The molecule has 0 aliphatic carbocycles. The maximum Gasteiger partial charge on any atom is 0.119 e. The molecule has 138 valence electrons. The molecule has 3 fully saturated rings. The average molecular weight is 344 g/mol. The molecule has 3 heterocycles. The summed E-state index contributed by atoms with van der Waals surface area (Å²) in [5.41, 5.74) is 1.34. The molecule has 1 aromatic carbocycles. The summed E-state index contributed by atoms with van der Waals surface area (Å²) < 4.78 is 5.28. The van der Waals surface area contributed by atoms with Gasteiger partial charge in [-0.2, -0.15) is 0 Å². The van der Waals surface area contributed by atoms with E-state index in [9.17, 15) is 0 Å². The lowest BCUT2D eigenvalue weighted by Gasteiger charge is -2.44. The van der Waals surface area contributed by atoms with Crippen molar-refractivity contribution in [1.82, 2.24) is 9.80 Å². The maximum absolute atomic E-state index is 5.28. The SMILES string of the molecule is COc1ccc(N2CCC(N3CCCC(N4CCCC4)C3)CC2)cc1. The highest BCUT2D eigenvalue weighted by atomic mass is 16.5. The molecule has 25 heavy (non-hydrogen) atoms. The van der Waals surface area contributed by atoms with Crippen molar-refractivity contribution in [3.63, 3.8) is 0 Å². The predicted molar refractivity (Wildman–Crippen MR) is 104 cm³/mol. The van der Waals surface area contributed by atoms with Crippen LogP contribution in [0, 0.1) is 0 Å². The van der Waals surface area contributed by atoms with Gasteiger partial charge in [0.1, 0.15) is 5.75 Å².